The second-order valence-electron chi connectivity index (χ2n) is 3.34. The fourth-order valence-electron chi connectivity index (χ4n) is 1.63. The summed E-state index contributed by atoms with van der Waals surface area (Å²) in [6.07, 6.45) is 0. The Morgan fingerprint density at radius 2 is 2.20 bits per heavy atom. The molecule has 0 unspecified atom stereocenters. The van der Waals surface area contributed by atoms with Crippen LogP contribution in [0.15, 0.2) is 29.3 Å². The molecule has 2 rings (SSSR count). The largest absolute Gasteiger partial charge is 0.241 e. The third-order valence-corrected chi connectivity index (χ3v) is 3.04. The lowest BCUT2D eigenvalue weighted by Gasteiger charge is -2.05. The van der Waals surface area contributed by atoms with E-state index in [0.29, 0.717) is 5.39 Å². The van der Waals surface area contributed by atoms with Crippen LogP contribution in [0.25, 0.3) is 10.9 Å². The summed E-state index contributed by atoms with van der Waals surface area (Å²) in [5.41, 5.74) is 1.69. The van der Waals surface area contributed by atoms with Crippen LogP contribution in [0.4, 0.5) is 4.39 Å². The maximum absolute atomic E-state index is 13.5. The van der Waals surface area contributed by atoms with Crippen LogP contribution >= 0.6 is 11.8 Å². The van der Waals surface area contributed by atoms with Crippen LogP contribution in [-0.4, -0.2) is 10.7 Å². The van der Waals surface area contributed by atoms with Crippen LogP contribution in [0, 0.1) is 12.7 Å². The number of pyridine rings is 1. The molecule has 1 heterocycles. The number of nitrogens with zero attached hydrogens (tertiary/aromatic N) is 1. The molecule has 0 bridgehead atoms. The van der Waals surface area contributed by atoms with Crippen molar-refractivity contribution in [2.24, 2.45) is 0 Å². The van der Waals surface area contributed by atoms with Gasteiger partial charge < -0.3 is 0 Å². The molecule has 1 nitrogen and oxygen atoms in total. The van der Waals surface area contributed by atoms with Gasteiger partial charge in [-0.3, -0.25) is 0 Å². The fourth-order valence-corrected chi connectivity index (χ4v) is 2.35. The van der Waals surface area contributed by atoms with Gasteiger partial charge in [-0.25, -0.2) is 9.37 Å². The summed E-state index contributed by atoms with van der Waals surface area (Å²) in [6, 6.07) is 6.97. The number of hydrogen-bond donors (Lipinski definition) is 0. The molecule has 0 amide bonds. The van der Waals surface area contributed by atoms with E-state index in [2.05, 4.69) is 11.9 Å². The van der Waals surface area contributed by atoms with Gasteiger partial charge in [-0.2, -0.15) is 0 Å². The molecule has 0 spiro atoms. The highest BCUT2D eigenvalue weighted by Gasteiger charge is 2.06. The molecule has 0 saturated heterocycles. The smallest absolute Gasteiger partial charge is 0.132 e. The van der Waals surface area contributed by atoms with Crippen LogP contribution in [0.5, 0.6) is 0 Å². The van der Waals surface area contributed by atoms with Crippen molar-refractivity contribution in [1.82, 2.24) is 4.98 Å². The van der Waals surface area contributed by atoms with Crippen molar-refractivity contribution in [3.63, 3.8) is 0 Å². The first-order chi connectivity index (χ1) is 7.22. The van der Waals surface area contributed by atoms with Crippen molar-refractivity contribution < 1.29 is 4.39 Å². The van der Waals surface area contributed by atoms with Crippen LogP contribution in [0.3, 0.4) is 0 Å². The Morgan fingerprint density at radius 1 is 1.40 bits per heavy atom. The Balaban J connectivity index is 2.67. The third kappa shape index (κ3) is 1.97. The quantitative estimate of drug-likeness (QED) is 0.715. The molecule has 0 aliphatic heterocycles. The van der Waals surface area contributed by atoms with E-state index in [1.807, 2.05) is 19.1 Å². The summed E-state index contributed by atoms with van der Waals surface area (Å²) in [4.78, 5) is 4.41. The van der Waals surface area contributed by atoms with Gasteiger partial charge in [0.25, 0.3) is 0 Å². The number of fused-ring (bicyclic) bond motifs is 1. The van der Waals surface area contributed by atoms with Crippen LogP contribution < -0.4 is 0 Å². The van der Waals surface area contributed by atoms with Crippen molar-refractivity contribution in [3.05, 3.63) is 35.6 Å². The van der Waals surface area contributed by atoms with E-state index in [1.165, 1.54) is 6.07 Å². The number of hydrogen-bond acceptors (Lipinski definition) is 2. The van der Waals surface area contributed by atoms with Crippen LogP contribution in [0.2, 0.25) is 0 Å². The minimum absolute atomic E-state index is 0.189. The van der Waals surface area contributed by atoms with Crippen LogP contribution in [0.1, 0.15) is 12.5 Å². The zero-order valence-electron chi connectivity index (χ0n) is 8.75. The maximum Gasteiger partial charge on any atom is 0.132 e. The SMILES string of the molecule is CCSc1cc(C)c2c(F)cccc2n1. The second-order valence-corrected chi connectivity index (χ2v) is 4.63. The van der Waals surface area contributed by atoms with E-state index in [0.717, 1.165) is 21.9 Å². The van der Waals surface area contributed by atoms with Crippen molar-refractivity contribution in [3.8, 4) is 0 Å². The number of halogens is 1. The van der Waals surface area contributed by atoms with Gasteiger partial charge in [-0.1, -0.05) is 13.0 Å². The monoisotopic (exact) mass is 221 g/mol. The normalized spacial score (nSPS) is 10.9. The predicted molar refractivity (Wildman–Crippen MR) is 62.8 cm³/mol. The van der Waals surface area contributed by atoms with E-state index in [1.54, 1.807) is 17.8 Å². The first-order valence-electron chi connectivity index (χ1n) is 4.91. The van der Waals surface area contributed by atoms with Gasteiger partial charge in [0, 0.05) is 5.39 Å². The van der Waals surface area contributed by atoms with E-state index in [4.69, 9.17) is 0 Å². The Kier molecular flexibility index (Phi) is 2.91. The summed E-state index contributed by atoms with van der Waals surface area (Å²) in [6.45, 7) is 4.00. The minimum Gasteiger partial charge on any atom is -0.241 e. The third-order valence-electron chi connectivity index (χ3n) is 2.25. The minimum atomic E-state index is -0.189. The van der Waals surface area contributed by atoms with E-state index in [-0.39, 0.29) is 5.82 Å². The lowest BCUT2D eigenvalue weighted by atomic mass is 10.1. The van der Waals surface area contributed by atoms with Crippen LogP contribution in [-0.2, 0) is 0 Å². The standard InChI is InChI=1S/C12H12FNS/c1-3-15-11-7-8(2)12-9(13)5-4-6-10(12)14-11/h4-7H,3H2,1-2H3. The van der Waals surface area contributed by atoms with Crippen molar-refractivity contribution in [1.29, 1.82) is 0 Å². The number of aromatic nitrogens is 1. The van der Waals surface area contributed by atoms with Crippen molar-refractivity contribution in [2.75, 3.05) is 5.75 Å². The predicted octanol–water partition coefficient (Wildman–Crippen LogP) is 3.79. The molecule has 1 aromatic carbocycles. The Hall–Kier alpha value is -1.09. The molecule has 0 aliphatic carbocycles. The number of rotatable bonds is 2. The van der Waals surface area contributed by atoms with E-state index in [9.17, 15) is 4.39 Å². The highest BCUT2D eigenvalue weighted by Crippen LogP contribution is 2.25. The van der Waals surface area contributed by atoms with Crippen molar-refractivity contribution >= 4 is 22.7 Å². The van der Waals surface area contributed by atoms with Gasteiger partial charge in [0.1, 0.15) is 5.82 Å². The molecule has 0 fully saturated rings. The summed E-state index contributed by atoms with van der Waals surface area (Å²) in [5, 5.41) is 1.60. The topological polar surface area (TPSA) is 12.9 Å². The average Bonchev–Trinajstić information content (AvgIpc) is 2.17. The molecule has 78 valence electrons. The summed E-state index contributed by atoms with van der Waals surface area (Å²) in [5.74, 6) is 0.790. The summed E-state index contributed by atoms with van der Waals surface area (Å²) < 4.78 is 13.5. The lowest BCUT2D eigenvalue weighted by molar-refractivity contribution is 0.639. The summed E-state index contributed by atoms with van der Waals surface area (Å²) in [7, 11) is 0. The second kappa shape index (κ2) is 4.19. The molecule has 1 aromatic heterocycles. The number of benzene rings is 1. The van der Waals surface area contributed by atoms with Gasteiger partial charge in [-0.15, -0.1) is 11.8 Å². The Labute approximate surface area is 92.7 Å². The highest BCUT2D eigenvalue weighted by molar-refractivity contribution is 7.99. The van der Waals surface area contributed by atoms with Gasteiger partial charge in [0.15, 0.2) is 0 Å². The van der Waals surface area contributed by atoms with Gasteiger partial charge >= 0.3 is 0 Å². The molecule has 0 radical (unpaired) electrons. The van der Waals surface area contributed by atoms with E-state index >= 15 is 0 Å². The van der Waals surface area contributed by atoms with Crippen molar-refractivity contribution in [2.45, 2.75) is 18.9 Å². The Morgan fingerprint density at radius 3 is 2.93 bits per heavy atom. The molecule has 3 heteroatoms. The molecule has 0 aliphatic rings. The number of thioether (sulfide) groups is 1. The average molecular weight is 221 g/mol. The Bertz CT molecular complexity index is 496. The zero-order chi connectivity index (χ0) is 10.8. The van der Waals surface area contributed by atoms with Gasteiger partial charge in [0.05, 0.1) is 10.5 Å². The number of aryl methyl sites for hydroxylation is 1. The molecule has 0 N–H and O–H groups in total. The fraction of sp³-hybridized carbons (Fsp3) is 0.250. The maximum atomic E-state index is 13.5. The molecular weight excluding hydrogens is 209 g/mol. The van der Waals surface area contributed by atoms with E-state index < -0.39 is 0 Å². The molecular formula is C12H12FNS. The highest BCUT2D eigenvalue weighted by atomic mass is 32.2. The zero-order valence-corrected chi connectivity index (χ0v) is 9.57. The van der Waals surface area contributed by atoms with Gasteiger partial charge in [0.2, 0.25) is 0 Å². The molecule has 0 saturated carbocycles. The first-order valence-corrected chi connectivity index (χ1v) is 5.89. The molecule has 0 atom stereocenters. The lowest BCUT2D eigenvalue weighted by Crippen LogP contribution is -1.90. The summed E-state index contributed by atoms with van der Waals surface area (Å²) >= 11 is 1.68. The first kappa shape index (κ1) is 10.4. The molecule has 15 heavy (non-hydrogen) atoms. The van der Waals surface area contributed by atoms with Gasteiger partial charge in [-0.05, 0) is 36.4 Å². The molecule has 2 aromatic rings.